The Bertz CT molecular complexity index is 965. The fraction of sp³-hybridized carbons (Fsp3) is 0.318. The van der Waals surface area contributed by atoms with Crippen LogP contribution in [0.5, 0.6) is 5.75 Å². The van der Waals surface area contributed by atoms with E-state index in [9.17, 15) is 4.79 Å². The van der Waals surface area contributed by atoms with Gasteiger partial charge in [-0.15, -0.1) is 0 Å². The summed E-state index contributed by atoms with van der Waals surface area (Å²) < 4.78 is 11.1. The van der Waals surface area contributed by atoms with Gasteiger partial charge in [0.15, 0.2) is 0 Å². The molecule has 1 saturated heterocycles. The smallest absolute Gasteiger partial charge is 0.249 e. The van der Waals surface area contributed by atoms with E-state index in [2.05, 4.69) is 34.4 Å². The molecule has 1 atom stereocenters. The van der Waals surface area contributed by atoms with Crippen LogP contribution in [0.2, 0.25) is 0 Å². The molecule has 1 aromatic heterocycles. The minimum Gasteiger partial charge on any atom is -0.494 e. The summed E-state index contributed by atoms with van der Waals surface area (Å²) >= 11 is 0. The summed E-state index contributed by atoms with van der Waals surface area (Å²) in [7, 11) is 0. The van der Waals surface area contributed by atoms with Crippen LogP contribution in [0.1, 0.15) is 42.8 Å². The molecule has 0 N–H and O–H groups in total. The Hall–Kier alpha value is -3.15. The van der Waals surface area contributed by atoms with Gasteiger partial charge in [-0.2, -0.15) is 4.98 Å². The lowest BCUT2D eigenvalue weighted by Crippen LogP contribution is -2.27. The van der Waals surface area contributed by atoms with E-state index in [0.717, 1.165) is 16.9 Å². The number of amides is 1. The van der Waals surface area contributed by atoms with Crippen LogP contribution >= 0.6 is 0 Å². The summed E-state index contributed by atoms with van der Waals surface area (Å²) in [5.74, 6) is 1.87. The number of benzene rings is 2. The molecule has 1 fully saturated rings. The maximum Gasteiger partial charge on any atom is 0.249 e. The molecule has 0 aliphatic carbocycles. The lowest BCUT2D eigenvalue weighted by Gasteiger charge is -2.22. The Morgan fingerprint density at radius 3 is 2.82 bits per heavy atom. The number of aryl methyl sites for hydroxylation is 1. The van der Waals surface area contributed by atoms with E-state index in [-0.39, 0.29) is 11.9 Å². The maximum atomic E-state index is 12.4. The van der Waals surface area contributed by atoms with E-state index in [1.54, 1.807) is 0 Å². The average Bonchev–Trinajstić information content (AvgIpc) is 3.32. The first-order valence-electron chi connectivity index (χ1n) is 9.56. The minimum atomic E-state index is -0.190. The van der Waals surface area contributed by atoms with Crippen molar-refractivity contribution in [2.24, 2.45) is 0 Å². The van der Waals surface area contributed by atoms with Crippen molar-refractivity contribution < 1.29 is 14.1 Å². The lowest BCUT2D eigenvalue weighted by molar-refractivity contribution is -0.129. The molecule has 1 aliphatic heterocycles. The third kappa shape index (κ3) is 3.76. The molecule has 1 unspecified atom stereocenters. The molecule has 6 heteroatoms. The van der Waals surface area contributed by atoms with Crippen molar-refractivity contribution >= 4 is 5.91 Å². The van der Waals surface area contributed by atoms with Gasteiger partial charge in [0.2, 0.25) is 17.6 Å². The van der Waals surface area contributed by atoms with E-state index in [1.807, 2.05) is 43.0 Å². The molecule has 0 spiro atoms. The quantitative estimate of drug-likeness (QED) is 0.640. The third-order valence-corrected chi connectivity index (χ3v) is 4.93. The van der Waals surface area contributed by atoms with Crippen molar-refractivity contribution in [2.75, 3.05) is 6.61 Å². The number of carbonyl (C=O) groups is 1. The van der Waals surface area contributed by atoms with Crippen molar-refractivity contribution in [2.45, 2.75) is 39.3 Å². The molecule has 28 heavy (non-hydrogen) atoms. The fourth-order valence-corrected chi connectivity index (χ4v) is 3.46. The van der Waals surface area contributed by atoms with Crippen LogP contribution in [0, 0.1) is 6.92 Å². The molecule has 2 heterocycles. The Morgan fingerprint density at radius 2 is 2.04 bits per heavy atom. The van der Waals surface area contributed by atoms with Gasteiger partial charge in [0, 0.05) is 18.5 Å². The van der Waals surface area contributed by atoms with Gasteiger partial charge in [0.25, 0.3) is 0 Å². The van der Waals surface area contributed by atoms with Gasteiger partial charge in [-0.1, -0.05) is 47.1 Å². The molecule has 144 valence electrons. The number of nitrogens with zero attached hydrogens (tertiary/aromatic N) is 3. The first-order chi connectivity index (χ1) is 13.6. The predicted molar refractivity (Wildman–Crippen MR) is 105 cm³/mol. The maximum absolute atomic E-state index is 12.4. The molecular formula is C22H23N3O3. The Labute approximate surface area is 164 Å². The molecule has 0 saturated carbocycles. The summed E-state index contributed by atoms with van der Waals surface area (Å²) in [4.78, 5) is 18.9. The van der Waals surface area contributed by atoms with Gasteiger partial charge < -0.3 is 14.2 Å². The second kappa shape index (κ2) is 7.84. The number of likely N-dealkylation sites (tertiary alicyclic amines) is 1. The van der Waals surface area contributed by atoms with Gasteiger partial charge in [-0.3, -0.25) is 4.79 Å². The highest BCUT2D eigenvalue weighted by Crippen LogP contribution is 2.34. The Kier molecular flexibility index (Phi) is 5.10. The number of ether oxygens (including phenoxy) is 1. The van der Waals surface area contributed by atoms with Gasteiger partial charge in [-0.25, -0.2) is 0 Å². The number of carbonyl (C=O) groups excluding carboxylic acids is 1. The summed E-state index contributed by atoms with van der Waals surface area (Å²) in [6, 6.07) is 15.6. The van der Waals surface area contributed by atoms with E-state index < -0.39 is 0 Å². The predicted octanol–water partition coefficient (Wildman–Crippen LogP) is 4.31. The summed E-state index contributed by atoms with van der Waals surface area (Å²) in [6.07, 6.45) is 1.18. The van der Waals surface area contributed by atoms with Crippen LogP contribution in [-0.4, -0.2) is 27.6 Å². The number of hydrogen-bond acceptors (Lipinski definition) is 5. The van der Waals surface area contributed by atoms with Crippen LogP contribution in [0.25, 0.3) is 11.4 Å². The fourth-order valence-electron chi connectivity index (χ4n) is 3.46. The first-order valence-corrected chi connectivity index (χ1v) is 9.56. The molecule has 1 aliphatic rings. The highest BCUT2D eigenvalue weighted by atomic mass is 16.5. The van der Waals surface area contributed by atoms with Crippen molar-refractivity contribution in [3.8, 4) is 17.1 Å². The number of aromatic nitrogens is 2. The minimum absolute atomic E-state index is 0.115. The topological polar surface area (TPSA) is 68.5 Å². The molecule has 0 radical (unpaired) electrons. The van der Waals surface area contributed by atoms with Crippen molar-refractivity contribution in [1.29, 1.82) is 0 Å². The summed E-state index contributed by atoms with van der Waals surface area (Å²) in [5.41, 5.74) is 3.12. The van der Waals surface area contributed by atoms with E-state index in [4.69, 9.17) is 9.26 Å². The summed E-state index contributed by atoms with van der Waals surface area (Å²) in [5, 5.41) is 4.13. The van der Waals surface area contributed by atoms with Crippen molar-refractivity contribution in [1.82, 2.24) is 15.0 Å². The highest BCUT2D eigenvalue weighted by molar-refractivity contribution is 5.78. The Balaban J connectivity index is 1.55. The average molecular weight is 377 g/mol. The molecular weight excluding hydrogens is 354 g/mol. The van der Waals surface area contributed by atoms with Crippen LogP contribution in [-0.2, 0) is 11.3 Å². The number of hydrogen-bond donors (Lipinski definition) is 0. The molecule has 4 rings (SSSR count). The molecule has 1 amide bonds. The zero-order valence-electron chi connectivity index (χ0n) is 16.1. The van der Waals surface area contributed by atoms with Gasteiger partial charge in [-0.05, 0) is 38.0 Å². The van der Waals surface area contributed by atoms with Crippen molar-refractivity contribution in [3.63, 3.8) is 0 Å². The summed E-state index contributed by atoms with van der Waals surface area (Å²) in [6.45, 7) is 5.13. The molecule has 6 nitrogen and oxygen atoms in total. The van der Waals surface area contributed by atoms with Gasteiger partial charge in [0.1, 0.15) is 11.8 Å². The van der Waals surface area contributed by atoms with E-state index >= 15 is 0 Å². The monoisotopic (exact) mass is 377 g/mol. The van der Waals surface area contributed by atoms with Gasteiger partial charge >= 0.3 is 0 Å². The van der Waals surface area contributed by atoms with Crippen LogP contribution in [0.4, 0.5) is 0 Å². The first kappa shape index (κ1) is 18.2. The molecule has 2 aromatic carbocycles. The zero-order chi connectivity index (χ0) is 19.5. The Morgan fingerprint density at radius 1 is 1.21 bits per heavy atom. The normalized spacial score (nSPS) is 16.6. The van der Waals surface area contributed by atoms with Gasteiger partial charge in [0.05, 0.1) is 6.61 Å². The lowest BCUT2D eigenvalue weighted by atomic mass is 10.1. The van der Waals surface area contributed by atoms with E-state index in [1.165, 1.54) is 5.56 Å². The third-order valence-electron chi connectivity index (χ3n) is 4.93. The molecule has 0 bridgehead atoms. The highest BCUT2D eigenvalue weighted by Gasteiger charge is 2.36. The van der Waals surface area contributed by atoms with Crippen LogP contribution < -0.4 is 4.74 Å². The SMILES string of the molecule is CCOc1cccc(-c2noc(C3CCC(=O)N3Cc3ccc(C)cc3)n2)c1. The zero-order valence-corrected chi connectivity index (χ0v) is 16.1. The van der Waals surface area contributed by atoms with Crippen LogP contribution in [0.3, 0.4) is 0 Å². The molecule has 3 aromatic rings. The second-order valence-electron chi connectivity index (χ2n) is 6.98. The number of rotatable bonds is 6. The van der Waals surface area contributed by atoms with E-state index in [0.29, 0.717) is 37.7 Å². The standard InChI is InChI=1S/C22H23N3O3/c1-3-27-18-6-4-5-17(13-18)21-23-22(28-24-21)19-11-12-20(26)25(19)14-16-9-7-15(2)8-10-16/h4-10,13,19H,3,11-12,14H2,1-2H3. The second-order valence-corrected chi connectivity index (χ2v) is 6.98. The largest absolute Gasteiger partial charge is 0.494 e. The van der Waals surface area contributed by atoms with Crippen molar-refractivity contribution in [3.05, 3.63) is 65.5 Å². The van der Waals surface area contributed by atoms with Crippen LogP contribution in [0.15, 0.2) is 53.1 Å².